The van der Waals surface area contributed by atoms with Crippen molar-refractivity contribution in [1.29, 1.82) is 0 Å². The molecule has 0 spiro atoms. The maximum atomic E-state index is 12.2. The molecule has 2 aromatic heterocycles. The average molecular weight is 222 g/mol. The Labute approximate surface area is 81.1 Å². The van der Waals surface area contributed by atoms with Crippen molar-refractivity contribution >= 4 is 17.2 Å². The topological polar surface area (TPSA) is 30.2 Å². The molecule has 2 aromatic rings. The van der Waals surface area contributed by atoms with Gasteiger partial charge in [-0.1, -0.05) is 0 Å². The van der Waals surface area contributed by atoms with Crippen LogP contribution >= 0.6 is 11.6 Å². The highest BCUT2D eigenvalue weighted by molar-refractivity contribution is 6.28. The zero-order chi connectivity index (χ0) is 10.3. The van der Waals surface area contributed by atoms with E-state index >= 15 is 0 Å². The van der Waals surface area contributed by atoms with E-state index in [4.69, 9.17) is 11.6 Å². The summed E-state index contributed by atoms with van der Waals surface area (Å²) in [6.45, 7) is 0. The molecule has 0 aromatic carbocycles. The number of nitrogens with zero attached hydrogens (tertiary/aromatic N) is 3. The summed E-state index contributed by atoms with van der Waals surface area (Å²) in [6.07, 6.45) is -3.21. The van der Waals surface area contributed by atoms with E-state index in [1.807, 2.05) is 0 Å². The molecule has 0 fully saturated rings. The molecule has 0 saturated heterocycles. The van der Waals surface area contributed by atoms with Crippen molar-refractivity contribution in [3.8, 4) is 0 Å². The standard InChI is InChI=1S/C7H3ClF3N3/c8-6-12-5-3-4(7(9,10)11)1-2-14(5)13-6/h1-3H. The Kier molecular flexibility index (Phi) is 1.88. The Bertz CT molecular complexity index is 476. The monoisotopic (exact) mass is 221 g/mol. The number of pyridine rings is 1. The van der Waals surface area contributed by atoms with Gasteiger partial charge in [0.05, 0.1) is 5.56 Å². The van der Waals surface area contributed by atoms with E-state index in [0.29, 0.717) is 0 Å². The van der Waals surface area contributed by atoms with Gasteiger partial charge in [-0.3, -0.25) is 0 Å². The van der Waals surface area contributed by atoms with Gasteiger partial charge in [-0.2, -0.15) is 18.2 Å². The molecule has 0 aliphatic heterocycles. The van der Waals surface area contributed by atoms with E-state index in [0.717, 1.165) is 18.3 Å². The van der Waals surface area contributed by atoms with Gasteiger partial charge in [0.15, 0.2) is 5.65 Å². The second-order valence-electron chi connectivity index (χ2n) is 2.60. The number of rotatable bonds is 0. The molecule has 0 radical (unpaired) electrons. The molecule has 74 valence electrons. The van der Waals surface area contributed by atoms with E-state index in [9.17, 15) is 13.2 Å². The summed E-state index contributed by atoms with van der Waals surface area (Å²) >= 11 is 5.43. The van der Waals surface area contributed by atoms with E-state index in [1.54, 1.807) is 0 Å². The van der Waals surface area contributed by atoms with Crippen LogP contribution in [-0.2, 0) is 6.18 Å². The quantitative estimate of drug-likeness (QED) is 0.684. The maximum absolute atomic E-state index is 12.2. The molecular formula is C7H3ClF3N3. The Morgan fingerprint density at radius 3 is 2.71 bits per heavy atom. The SMILES string of the molecule is FC(F)(F)c1ccn2nc(Cl)nc2c1. The van der Waals surface area contributed by atoms with Crippen molar-refractivity contribution in [2.75, 3.05) is 0 Å². The van der Waals surface area contributed by atoms with E-state index in [-0.39, 0.29) is 10.9 Å². The third kappa shape index (κ3) is 1.52. The van der Waals surface area contributed by atoms with Crippen LogP contribution in [0.25, 0.3) is 5.65 Å². The summed E-state index contributed by atoms with van der Waals surface area (Å²) < 4.78 is 37.9. The van der Waals surface area contributed by atoms with Crippen LogP contribution < -0.4 is 0 Å². The van der Waals surface area contributed by atoms with Gasteiger partial charge in [0.2, 0.25) is 5.28 Å². The molecule has 0 amide bonds. The second kappa shape index (κ2) is 2.84. The van der Waals surface area contributed by atoms with Crippen LogP contribution in [-0.4, -0.2) is 14.6 Å². The largest absolute Gasteiger partial charge is 0.416 e. The molecule has 0 unspecified atom stereocenters. The molecule has 0 atom stereocenters. The smallest absolute Gasteiger partial charge is 0.220 e. The van der Waals surface area contributed by atoms with Gasteiger partial charge >= 0.3 is 6.18 Å². The molecule has 0 saturated carbocycles. The van der Waals surface area contributed by atoms with Crippen LogP contribution in [0.3, 0.4) is 0 Å². The fourth-order valence-corrected chi connectivity index (χ4v) is 1.20. The molecule has 2 rings (SSSR count). The third-order valence-corrected chi connectivity index (χ3v) is 1.80. The van der Waals surface area contributed by atoms with Gasteiger partial charge in [0.25, 0.3) is 0 Å². The second-order valence-corrected chi connectivity index (χ2v) is 2.93. The summed E-state index contributed by atoms with van der Waals surface area (Å²) in [5.41, 5.74) is -0.695. The highest BCUT2D eigenvalue weighted by atomic mass is 35.5. The van der Waals surface area contributed by atoms with Crippen LogP contribution in [0.5, 0.6) is 0 Å². The zero-order valence-electron chi connectivity index (χ0n) is 6.59. The molecule has 0 N–H and O–H groups in total. The highest BCUT2D eigenvalue weighted by Crippen LogP contribution is 2.29. The Morgan fingerprint density at radius 1 is 1.36 bits per heavy atom. The first kappa shape index (κ1) is 9.26. The molecule has 0 bridgehead atoms. The van der Waals surface area contributed by atoms with Gasteiger partial charge < -0.3 is 0 Å². The fourth-order valence-electron chi connectivity index (χ4n) is 1.03. The van der Waals surface area contributed by atoms with Gasteiger partial charge in [0.1, 0.15) is 0 Å². The Hall–Kier alpha value is -1.30. The first-order valence-electron chi connectivity index (χ1n) is 3.56. The molecule has 3 nitrogen and oxygen atoms in total. The van der Waals surface area contributed by atoms with Crippen LogP contribution in [0.2, 0.25) is 5.28 Å². The van der Waals surface area contributed by atoms with Crippen LogP contribution in [0.4, 0.5) is 13.2 Å². The van der Waals surface area contributed by atoms with Crippen LogP contribution in [0.1, 0.15) is 5.56 Å². The molecule has 0 aliphatic carbocycles. The minimum Gasteiger partial charge on any atom is -0.220 e. The first-order valence-corrected chi connectivity index (χ1v) is 3.94. The Morgan fingerprint density at radius 2 is 2.07 bits per heavy atom. The Balaban J connectivity index is 2.62. The first-order chi connectivity index (χ1) is 6.47. The van der Waals surface area contributed by atoms with Gasteiger partial charge in [-0.15, -0.1) is 5.10 Å². The van der Waals surface area contributed by atoms with Crippen LogP contribution in [0, 0.1) is 0 Å². The van der Waals surface area contributed by atoms with Gasteiger partial charge in [-0.05, 0) is 23.7 Å². The summed E-state index contributed by atoms with van der Waals surface area (Å²) in [6, 6.07) is 1.80. The van der Waals surface area contributed by atoms with Crippen molar-refractivity contribution in [2.24, 2.45) is 0 Å². The lowest BCUT2D eigenvalue weighted by molar-refractivity contribution is -0.137. The average Bonchev–Trinajstić information content (AvgIpc) is 2.41. The molecule has 2 heterocycles. The van der Waals surface area contributed by atoms with Crippen LogP contribution in [0.15, 0.2) is 18.3 Å². The van der Waals surface area contributed by atoms with E-state index < -0.39 is 11.7 Å². The number of fused-ring (bicyclic) bond motifs is 1. The lowest BCUT2D eigenvalue weighted by Gasteiger charge is -2.05. The molecule has 0 aliphatic rings. The number of hydrogen-bond acceptors (Lipinski definition) is 2. The molecular weight excluding hydrogens is 219 g/mol. The number of hydrogen-bond donors (Lipinski definition) is 0. The van der Waals surface area contributed by atoms with Crippen molar-refractivity contribution in [3.05, 3.63) is 29.2 Å². The summed E-state index contributed by atoms with van der Waals surface area (Å²) in [4.78, 5) is 3.60. The van der Waals surface area contributed by atoms with Gasteiger partial charge in [-0.25, -0.2) is 4.52 Å². The highest BCUT2D eigenvalue weighted by Gasteiger charge is 2.30. The lowest BCUT2D eigenvalue weighted by atomic mass is 10.2. The number of aromatic nitrogens is 3. The predicted molar refractivity (Wildman–Crippen MR) is 43.0 cm³/mol. The summed E-state index contributed by atoms with van der Waals surface area (Å²) in [5.74, 6) is 0. The minimum absolute atomic E-state index is 0.0739. The van der Waals surface area contributed by atoms with Crippen molar-refractivity contribution < 1.29 is 13.2 Å². The number of alkyl halides is 3. The van der Waals surface area contributed by atoms with Crippen molar-refractivity contribution in [1.82, 2.24) is 14.6 Å². The minimum atomic E-state index is -4.37. The molecule has 14 heavy (non-hydrogen) atoms. The van der Waals surface area contributed by atoms with Crippen molar-refractivity contribution in [2.45, 2.75) is 6.18 Å². The maximum Gasteiger partial charge on any atom is 0.416 e. The van der Waals surface area contributed by atoms with E-state index in [2.05, 4.69) is 10.1 Å². The molecule has 7 heteroatoms. The zero-order valence-corrected chi connectivity index (χ0v) is 7.34. The number of halogens is 4. The summed E-state index contributed by atoms with van der Waals surface area (Å²) in [7, 11) is 0. The van der Waals surface area contributed by atoms with E-state index in [1.165, 1.54) is 4.52 Å². The fraction of sp³-hybridized carbons (Fsp3) is 0.143. The van der Waals surface area contributed by atoms with Gasteiger partial charge in [0, 0.05) is 6.20 Å². The lowest BCUT2D eigenvalue weighted by Crippen LogP contribution is -2.05. The van der Waals surface area contributed by atoms with Crippen molar-refractivity contribution in [3.63, 3.8) is 0 Å². The summed E-state index contributed by atoms with van der Waals surface area (Å²) in [5, 5.41) is 3.56. The predicted octanol–water partition coefficient (Wildman–Crippen LogP) is 2.40. The normalized spacial score (nSPS) is 12.3. The third-order valence-electron chi connectivity index (χ3n) is 1.64.